The number of rotatable bonds is 6. The average Bonchev–Trinajstić information content (AvgIpc) is 2.48. The van der Waals surface area contributed by atoms with Crippen molar-refractivity contribution in [3.8, 4) is 11.5 Å². The summed E-state index contributed by atoms with van der Waals surface area (Å²) in [6, 6.07) is 9.64. The standard InChI is InChI=1S/C16H15ClFNO2S/c1-2-20-14-8-11(16(19)22)7-12(17)15(14)21-9-10-5-3-4-6-13(10)18/h3-8H,2,9H2,1H3,(H2,19,22). The Morgan fingerprint density at radius 3 is 2.64 bits per heavy atom. The minimum Gasteiger partial charge on any atom is -0.490 e. The van der Waals surface area contributed by atoms with Crippen LogP contribution in [0.1, 0.15) is 18.1 Å². The minimum atomic E-state index is -0.337. The first-order chi connectivity index (χ1) is 10.5. The summed E-state index contributed by atoms with van der Waals surface area (Å²) in [5.74, 6) is 0.428. The molecule has 0 fully saturated rings. The molecule has 0 aliphatic carbocycles. The largest absolute Gasteiger partial charge is 0.490 e. The maximum absolute atomic E-state index is 13.6. The molecule has 0 radical (unpaired) electrons. The molecule has 0 aliphatic heterocycles. The van der Waals surface area contributed by atoms with Crippen molar-refractivity contribution in [2.45, 2.75) is 13.5 Å². The number of thiocarbonyl (C=S) groups is 1. The molecule has 0 saturated carbocycles. The van der Waals surface area contributed by atoms with E-state index < -0.39 is 0 Å². The van der Waals surface area contributed by atoms with Crippen LogP contribution in [0, 0.1) is 5.82 Å². The molecule has 3 nitrogen and oxygen atoms in total. The fraction of sp³-hybridized carbons (Fsp3) is 0.188. The monoisotopic (exact) mass is 339 g/mol. The predicted octanol–water partition coefficient (Wildman–Crippen LogP) is 4.09. The van der Waals surface area contributed by atoms with Gasteiger partial charge in [-0.05, 0) is 25.1 Å². The quantitative estimate of drug-likeness (QED) is 0.805. The molecule has 0 unspecified atom stereocenters. The van der Waals surface area contributed by atoms with E-state index in [1.54, 1.807) is 30.3 Å². The highest BCUT2D eigenvalue weighted by atomic mass is 35.5. The third-order valence-electron chi connectivity index (χ3n) is 2.92. The van der Waals surface area contributed by atoms with Crippen LogP contribution >= 0.6 is 23.8 Å². The maximum atomic E-state index is 13.6. The molecule has 0 aromatic heterocycles. The Hall–Kier alpha value is -1.85. The van der Waals surface area contributed by atoms with E-state index in [-0.39, 0.29) is 17.4 Å². The molecule has 6 heteroatoms. The van der Waals surface area contributed by atoms with Crippen LogP contribution in [-0.2, 0) is 6.61 Å². The fourth-order valence-corrected chi connectivity index (χ4v) is 2.26. The zero-order valence-corrected chi connectivity index (χ0v) is 13.5. The molecule has 0 spiro atoms. The molecule has 0 saturated heterocycles. The van der Waals surface area contributed by atoms with E-state index in [1.165, 1.54) is 6.07 Å². The van der Waals surface area contributed by atoms with E-state index in [4.69, 9.17) is 39.0 Å². The van der Waals surface area contributed by atoms with Crippen LogP contribution in [0.3, 0.4) is 0 Å². The van der Waals surface area contributed by atoms with Gasteiger partial charge < -0.3 is 15.2 Å². The normalized spacial score (nSPS) is 10.3. The molecule has 2 aromatic rings. The lowest BCUT2D eigenvalue weighted by Crippen LogP contribution is -2.10. The van der Waals surface area contributed by atoms with Crippen molar-refractivity contribution >= 4 is 28.8 Å². The zero-order chi connectivity index (χ0) is 16.1. The first-order valence-electron chi connectivity index (χ1n) is 6.65. The van der Waals surface area contributed by atoms with Gasteiger partial charge in [-0.2, -0.15) is 0 Å². The molecular weight excluding hydrogens is 325 g/mol. The molecule has 0 amide bonds. The number of hydrogen-bond donors (Lipinski definition) is 1. The number of hydrogen-bond acceptors (Lipinski definition) is 3. The molecule has 0 aliphatic rings. The SMILES string of the molecule is CCOc1cc(C(N)=S)cc(Cl)c1OCc1ccccc1F. The number of benzene rings is 2. The molecule has 2 aromatic carbocycles. The Bertz CT molecular complexity index is 694. The Morgan fingerprint density at radius 1 is 1.27 bits per heavy atom. The fourth-order valence-electron chi connectivity index (χ4n) is 1.88. The third-order valence-corrected chi connectivity index (χ3v) is 3.44. The average molecular weight is 340 g/mol. The molecule has 2 rings (SSSR count). The second-order valence-electron chi connectivity index (χ2n) is 4.46. The minimum absolute atomic E-state index is 0.0406. The van der Waals surface area contributed by atoms with E-state index in [2.05, 4.69) is 0 Å². The van der Waals surface area contributed by atoms with Gasteiger partial charge in [0.15, 0.2) is 11.5 Å². The first-order valence-corrected chi connectivity index (χ1v) is 7.44. The van der Waals surface area contributed by atoms with Crippen LogP contribution in [0.2, 0.25) is 5.02 Å². The summed E-state index contributed by atoms with van der Waals surface area (Å²) >= 11 is 11.1. The Balaban J connectivity index is 2.29. The summed E-state index contributed by atoms with van der Waals surface area (Å²) in [6.45, 7) is 2.30. The van der Waals surface area contributed by atoms with Crippen molar-refractivity contribution in [3.63, 3.8) is 0 Å². The van der Waals surface area contributed by atoms with Gasteiger partial charge in [-0.1, -0.05) is 42.0 Å². The van der Waals surface area contributed by atoms with Gasteiger partial charge >= 0.3 is 0 Å². The van der Waals surface area contributed by atoms with Gasteiger partial charge in [0.05, 0.1) is 11.6 Å². The molecule has 0 atom stereocenters. The van der Waals surface area contributed by atoms with Crippen LogP contribution in [0.25, 0.3) is 0 Å². The van der Waals surface area contributed by atoms with Crippen LogP contribution in [-0.4, -0.2) is 11.6 Å². The topological polar surface area (TPSA) is 44.5 Å². The van der Waals surface area contributed by atoms with E-state index in [0.717, 1.165) is 0 Å². The van der Waals surface area contributed by atoms with Crippen LogP contribution < -0.4 is 15.2 Å². The van der Waals surface area contributed by atoms with Gasteiger partial charge in [0.1, 0.15) is 17.4 Å². The first kappa shape index (κ1) is 16.5. The van der Waals surface area contributed by atoms with Gasteiger partial charge in [0.2, 0.25) is 0 Å². The molecule has 116 valence electrons. The smallest absolute Gasteiger partial charge is 0.180 e. The second kappa shape index (κ2) is 7.42. The summed E-state index contributed by atoms with van der Waals surface area (Å²) in [7, 11) is 0. The molecule has 0 heterocycles. The van der Waals surface area contributed by atoms with Crippen molar-refractivity contribution < 1.29 is 13.9 Å². The summed E-state index contributed by atoms with van der Waals surface area (Å²) in [5.41, 5.74) is 6.62. The summed E-state index contributed by atoms with van der Waals surface area (Å²) in [5, 5.41) is 0.310. The van der Waals surface area contributed by atoms with Crippen molar-refractivity contribution in [3.05, 3.63) is 58.4 Å². The zero-order valence-electron chi connectivity index (χ0n) is 11.9. The lowest BCUT2D eigenvalue weighted by Gasteiger charge is -2.15. The summed E-state index contributed by atoms with van der Waals surface area (Å²) in [6.07, 6.45) is 0. The number of ether oxygens (including phenoxy) is 2. The van der Waals surface area contributed by atoms with E-state index in [1.807, 2.05) is 6.92 Å². The van der Waals surface area contributed by atoms with Crippen molar-refractivity contribution in [1.29, 1.82) is 0 Å². The summed E-state index contributed by atoms with van der Waals surface area (Å²) < 4.78 is 24.8. The Morgan fingerprint density at radius 2 is 2.00 bits per heavy atom. The maximum Gasteiger partial charge on any atom is 0.180 e. The van der Waals surface area contributed by atoms with Gasteiger partial charge in [-0.25, -0.2) is 4.39 Å². The van der Waals surface area contributed by atoms with Crippen LogP contribution in [0.4, 0.5) is 4.39 Å². The highest BCUT2D eigenvalue weighted by Crippen LogP contribution is 2.37. The lowest BCUT2D eigenvalue weighted by atomic mass is 10.2. The Kier molecular flexibility index (Phi) is 5.57. The molecule has 0 bridgehead atoms. The van der Waals surface area contributed by atoms with Gasteiger partial charge in [-0.3, -0.25) is 0 Å². The van der Waals surface area contributed by atoms with Crippen molar-refractivity contribution in [2.24, 2.45) is 5.73 Å². The van der Waals surface area contributed by atoms with E-state index in [0.29, 0.717) is 34.3 Å². The number of nitrogens with two attached hydrogens (primary N) is 1. The highest BCUT2D eigenvalue weighted by Gasteiger charge is 2.14. The third kappa shape index (κ3) is 3.87. The Labute approximate surface area is 138 Å². The van der Waals surface area contributed by atoms with Gasteiger partial charge in [0, 0.05) is 11.1 Å². The van der Waals surface area contributed by atoms with Crippen LogP contribution in [0.5, 0.6) is 11.5 Å². The van der Waals surface area contributed by atoms with Crippen molar-refractivity contribution in [2.75, 3.05) is 6.61 Å². The van der Waals surface area contributed by atoms with Crippen LogP contribution in [0.15, 0.2) is 36.4 Å². The molecule has 2 N–H and O–H groups in total. The van der Waals surface area contributed by atoms with Gasteiger partial charge in [-0.15, -0.1) is 0 Å². The van der Waals surface area contributed by atoms with E-state index >= 15 is 0 Å². The second-order valence-corrected chi connectivity index (χ2v) is 5.31. The van der Waals surface area contributed by atoms with E-state index in [9.17, 15) is 4.39 Å². The summed E-state index contributed by atoms with van der Waals surface area (Å²) in [4.78, 5) is 0.212. The molecule has 22 heavy (non-hydrogen) atoms. The predicted molar refractivity (Wildman–Crippen MR) is 89.2 cm³/mol. The highest BCUT2D eigenvalue weighted by molar-refractivity contribution is 7.80. The van der Waals surface area contributed by atoms with Crippen molar-refractivity contribution in [1.82, 2.24) is 0 Å². The molecular formula is C16H15ClFNO2S. The number of halogens is 2. The van der Waals surface area contributed by atoms with Gasteiger partial charge in [0.25, 0.3) is 0 Å². The lowest BCUT2D eigenvalue weighted by molar-refractivity contribution is 0.266.